The van der Waals surface area contributed by atoms with Gasteiger partial charge in [-0.15, -0.1) is 0 Å². The van der Waals surface area contributed by atoms with E-state index in [1.54, 1.807) is 0 Å². The molecule has 1 heterocycles. The van der Waals surface area contributed by atoms with Crippen molar-refractivity contribution in [1.29, 1.82) is 5.26 Å². The molecule has 0 radical (unpaired) electrons. The van der Waals surface area contributed by atoms with E-state index >= 15 is 0 Å². The smallest absolute Gasteiger partial charge is 0.0998 e. The Hall–Kier alpha value is -1.79. The number of fused-ring (bicyclic) bond motifs is 1. The largest absolute Gasteiger partial charge is 0.346 e. The lowest BCUT2D eigenvalue weighted by molar-refractivity contribution is 0.735. The van der Waals surface area contributed by atoms with Crippen LogP contribution >= 0.6 is 0 Å². The number of benzene rings is 1. The van der Waals surface area contributed by atoms with Crippen LogP contribution in [0.4, 0.5) is 0 Å². The van der Waals surface area contributed by atoms with Crippen molar-refractivity contribution >= 4 is 10.9 Å². The first-order valence-electron chi connectivity index (χ1n) is 4.55. The maximum Gasteiger partial charge on any atom is 0.0998 e. The SMILES string of the molecule is N#Cc1cccc2c1ccn2CCN. The summed E-state index contributed by atoms with van der Waals surface area (Å²) in [7, 11) is 0. The van der Waals surface area contributed by atoms with Gasteiger partial charge in [-0.05, 0) is 18.2 Å². The summed E-state index contributed by atoms with van der Waals surface area (Å²) in [4.78, 5) is 0. The van der Waals surface area contributed by atoms with Gasteiger partial charge >= 0.3 is 0 Å². The van der Waals surface area contributed by atoms with E-state index in [2.05, 4.69) is 10.6 Å². The first kappa shape index (κ1) is 8.79. The predicted octanol–water partition coefficient (Wildman–Crippen LogP) is 1.47. The molecule has 0 unspecified atom stereocenters. The molecule has 3 heteroatoms. The predicted molar refractivity (Wildman–Crippen MR) is 55.7 cm³/mol. The van der Waals surface area contributed by atoms with E-state index in [1.165, 1.54) is 0 Å². The fourth-order valence-corrected chi connectivity index (χ4v) is 1.66. The summed E-state index contributed by atoms with van der Waals surface area (Å²) in [5.74, 6) is 0. The van der Waals surface area contributed by atoms with Gasteiger partial charge in [0.05, 0.1) is 11.6 Å². The molecule has 0 amide bonds. The molecule has 1 aromatic heterocycles. The van der Waals surface area contributed by atoms with Gasteiger partial charge in [-0.1, -0.05) is 6.07 Å². The maximum absolute atomic E-state index is 8.89. The third kappa shape index (κ3) is 1.26. The van der Waals surface area contributed by atoms with Gasteiger partial charge in [-0.2, -0.15) is 5.26 Å². The monoisotopic (exact) mass is 185 g/mol. The van der Waals surface area contributed by atoms with Gasteiger partial charge in [0.15, 0.2) is 0 Å². The van der Waals surface area contributed by atoms with E-state index in [1.807, 2.05) is 30.5 Å². The molecule has 1 aromatic carbocycles. The molecule has 0 saturated carbocycles. The second-order valence-electron chi connectivity index (χ2n) is 3.15. The van der Waals surface area contributed by atoms with E-state index < -0.39 is 0 Å². The van der Waals surface area contributed by atoms with E-state index in [0.717, 1.165) is 23.0 Å². The van der Waals surface area contributed by atoms with Crippen LogP contribution in [0.15, 0.2) is 30.5 Å². The minimum atomic E-state index is 0.612. The van der Waals surface area contributed by atoms with Gasteiger partial charge < -0.3 is 10.3 Å². The van der Waals surface area contributed by atoms with Crippen LogP contribution in [0.2, 0.25) is 0 Å². The first-order chi connectivity index (χ1) is 6.86. The highest BCUT2D eigenvalue weighted by Gasteiger charge is 2.03. The molecule has 0 aliphatic rings. The van der Waals surface area contributed by atoms with Gasteiger partial charge in [0.2, 0.25) is 0 Å². The van der Waals surface area contributed by atoms with Crippen LogP contribution in [0.1, 0.15) is 5.56 Å². The molecule has 70 valence electrons. The molecule has 0 fully saturated rings. The average molecular weight is 185 g/mol. The Morgan fingerprint density at radius 1 is 1.36 bits per heavy atom. The number of nitrogens with two attached hydrogens (primary N) is 1. The second-order valence-corrected chi connectivity index (χ2v) is 3.15. The highest BCUT2D eigenvalue weighted by atomic mass is 15.0. The van der Waals surface area contributed by atoms with Crippen LogP contribution in [-0.4, -0.2) is 11.1 Å². The van der Waals surface area contributed by atoms with Crippen LogP contribution in [0.5, 0.6) is 0 Å². The van der Waals surface area contributed by atoms with Gasteiger partial charge in [-0.25, -0.2) is 0 Å². The third-order valence-corrected chi connectivity index (χ3v) is 2.30. The lowest BCUT2D eigenvalue weighted by Gasteiger charge is -2.02. The fraction of sp³-hybridized carbons (Fsp3) is 0.182. The summed E-state index contributed by atoms with van der Waals surface area (Å²) in [6.07, 6.45) is 1.97. The standard InChI is InChI=1S/C11H11N3/c12-5-7-14-6-4-10-9(8-13)2-1-3-11(10)14/h1-4,6H,5,7,12H2. The summed E-state index contributed by atoms with van der Waals surface area (Å²) in [6.45, 7) is 1.40. The molecule has 2 aromatic rings. The summed E-state index contributed by atoms with van der Waals surface area (Å²) in [5, 5.41) is 9.89. The van der Waals surface area contributed by atoms with Gasteiger partial charge in [0, 0.05) is 30.2 Å². The molecule has 14 heavy (non-hydrogen) atoms. The van der Waals surface area contributed by atoms with E-state index in [0.29, 0.717) is 6.54 Å². The molecule has 0 aliphatic carbocycles. The van der Waals surface area contributed by atoms with Crippen molar-refractivity contribution in [3.8, 4) is 6.07 Å². The molecule has 2 N–H and O–H groups in total. The average Bonchev–Trinajstić information content (AvgIpc) is 2.62. The van der Waals surface area contributed by atoms with Crippen LogP contribution in [-0.2, 0) is 6.54 Å². The summed E-state index contributed by atoms with van der Waals surface area (Å²) in [6, 6.07) is 9.87. The Morgan fingerprint density at radius 3 is 2.93 bits per heavy atom. The van der Waals surface area contributed by atoms with Crippen LogP contribution in [0.25, 0.3) is 10.9 Å². The van der Waals surface area contributed by atoms with E-state index in [9.17, 15) is 0 Å². The Kier molecular flexibility index (Phi) is 2.21. The fourth-order valence-electron chi connectivity index (χ4n) is 1.66. The number of aromatic nitrogens is 1. The number of hydrogen-bond donors (Lipinski definition) is 1. The zero-order chi connectivity index (χ0) is 9.97. The molecule has 0 spiro atoms. The van der Waals surface area contributed by atoms with Gasteiger partial charge in [-0.3, -0.25) is 0 Å². The van der Waals surface area contributed by atoms with Crippen molar-refractivity contribution in [2.24, 2.45) is 5.73 Å². The third-order valence-electron chi connectivity index (χ3n) is 2.30. The van der Waals surface area contributed by atoms with E-state index in [-0.39, 0.29) is 0 Å². The molecular weight excluding hydrogens is 174 g/mol. The van der Waals surface area contributed by atoms with Gasteiger partial charge in [0.1, 0.15) is 0 Å². The van der Waals surface area contributed by atoms with E-state index in [4.69, 9.17) is 11.0 Å². The molecule has 3 nitrogen and oxygen atoms in total. The highest BCUT2D eigenvalue weighted by molar-refractivity contribution is 5.85. The number of nitriles is 1. The van der Waals surface area contributed by atoms with Crippen LogP contribution < -0.4 is 5.73 Å². The van der Waals surface area contributed by atoms with Crippen molar-refractivity contribution in [2.75, 3.05) is 6.54 Å². The molecule has 2 rings (SSSR count). The topological polar surface area (TPSA) is 54.7 Å². The lowest BCUT2D eigenvalue weighted by atomic mass is 10.1. The van der Waals surface area contributed by atoms with Crippen molar-refractivity contribution in [1.82, 2.24) is 4.57 Å². The molecular formula is C11H11N3. The Balaban J connectivity index is 2.65. The normalized spacial score (nSPS) is 10.3. The summed E-state index contributed by atoms with van der Waals surface area (Å²) >= 11 is 0. The number of rotatable bonds is 2. The maximum atomic E-state index is 8.89. The number of hydrogen-bond acceptors (Lipinski definition) is 2. The van der Waals surface area contributed by atoms with Crippen molar-refractivity contribution in [3.05, 3.63) is 36.0 Å². The number of nitrogens with zero attached hydrogens (tertiary/aromatic N) is 2. The Labute approximate surface area is 82.4 Å². The first-order valence-corrected chi connectivity index (χ1v) is 4.55. The zero-order valence-corrected chi connectivity index (χ0v) is 7.77. The molecule has 0 bridgehead atoms. The lowest BCUT2D eigenvalue weighted by Crippen LogP contribution is -2.08. The highest BCUT2D eigenvalue weighted by Crippen LogP contribution is 2.19. The second kappa shape index (κ2) is 3.52. The van der Waals surface area contributed by atoms with Crippen LogP contribution in [0.3, 0.4) is 0 Å². The zero-order valence-electron chi connectivity index (χ0n) is 7.77. The summed E-state index contributed by atoms with van der Waals surface area (Å²) < 4.78 is 2.07. The van der Waals surface area contributed by atoms with Crippen LogP contribution in [0, 0.1) is 11.3 Å². The van der Waals surface area contributed by atoms with Crippen molar-refractivity contribution in [2.45, 2.75) is 6.54 Å². The molecule has 0 saturated heterocycles. The quantitative estimate of drug-likeness (QED) is 0.770. The van der Waals surface area contributed by atoms with Crippen molar-refractivity contribution in [3.63, 3.8) is 0 Å². The van der Waals surface area contributed by atoms with Crippen molar-refractivity contribution < 1.29 is 0 Å². The molecule has 0 atom stereocenters. The molecule has 0 aliphatic heterocycles. The Morgan fingerprint density at radius 2 is 2.21 bits per heavy atom. The summed E-state index contributed by atoms with van der Waals surface area (Å²) in [5.41, 5.74) is 7.29. The Bertz CT molecular complexity index is 491. The minimum absolute atomic E-state index is 0.612. The minimum Gasteiger partial charge on any atom is -0.346 e. The van der Waals surface area contributed by atoms with Gasteiger partial charge in [0.25, 0.3) is 0 Å².